The van der Waals surface area contributed by atoms with Crippen molar-refractivity contribution in [2.75, 3.05) is 6.61 Å². The molecule has 0 radical (unpaired) electrons. The van der Waals surface area contributed by atoms with Crippen LogP contribution in [0.25, 0.3) is 0 Å². The van der Waals surface area contributed by atoms with E-state index >= 15 is 0 Å². The second-order valence-electron chi connectivity index (χ2n) is 4.47. The number of rotatable bonds is 6. The summed E-state index contributed by atoms with van der Waals surface area (Å²) in [5, 5.41) is 9.73. The molecule has 0 aliphatic heterocycles. The van der Waals surface area contributed by atoms with E-state index in [9.17, 15) is 35.8 Å². The van der Waals surface area contributed by atoms with Crippen molar-refractivity contribution in [1.82, 2.24) is 0 Å². The average molecular weight is 346 g/mol. The molecule has 130 valence electrons. The zero-order chi connectivity index (χ0) is 17.9. The molecule has 9 heteroatoms. The fraction of sp³-hybridized carbons (Fsp3) is 0.429. The zero-order valence-corrected chi connectivity index (χ0v) is 11.7. The van der Waals surface area contributed by atoms with Crippen LogP contribution in [0.2, 0.25) is 0 Å². The summed E-state index contributed by atoms with van der Waals surface area (Å²) in [6.45, 7) is 0.543. The van der Waals surface area contributed by atoms with Crippen molar-refractivity contribution < 1.29 is 40.6 Å². The highest BCUT2D eigenvalue weighted by Crippen LogP contribution is 2.50. The van der Waals surface area contributed by atoms with E-state index in [0.29, 0.717) is 0 Å². The number of allylic oxidation sites excluding steroid dienone is 1. The number of hydrogen-bond acceptors (Lipinski definition) is 2. The molecule has 0 aliphatic carbocycles. The lowest BCUT2D eigenvalue weighted by molar-refractivity contribution is -0.350. The fourth-order valence-corrected chi connectivity index (χ4v) is 1.62. The second-order valence-corrected chi connectivity index (χ2v) is 4.47. The SMILES string of the molecule is CCO/C(=C\C(O)c1ccccc1)C(F)(F)C(F)(F)C(F)(F)F. The molecule has 1 N–H and O–H groups in total. The number of ether oxygens (including phenoxy) is 1. The predicted molar refractivity (Wildman–Crippen MR) is 67.1 cm³/mol. The minimum Gasteiger partial charge on any atom is -0.492 e. The van der Waals surface area contributed by atoms with Crippen LogP contribution in [0.4, 0.5) is 30.7 Å². The molecule has 2 nitrogen and oxygen atoms in total. The Morgan fingerprint density at radius 2 is 1.61 bits per heavy atom. The van der Waals surface area contributed by atoms with Gasteiger partial charge in [0.1, 0.15) is 6.10 Å². The van der Waals surface area contributed by atoms with Crippen LogP contribution in [0, 0.1) is 0 Å². The van der Waals surface area contributed by atoms with E-state index in [0.717, 1.165) is 6.92 Å². The molecule has 0 aliphatic rings. The van der Waals surface area contributed by atoms with Crippen molar-refractivity contribution in [3.8, 4) is 0 Å². The minimum atomic E-state index is -6.48. The van der Waals surface area contributed by atoms with Gasteiger partial charge >= 0.3 is 18.0 Å². The lowest BCUT2D eigenvalue weighted by Crippen LogP contribution is -2.53. The topological polar surface area (TPSA) is 29.5 Å². The van der Waals surface area contributed by atoms with Crippen molar-refractivity contribution in [3.05, 3.63) is 47.7 Å². The summed E-state index contributed by atoms with van der Waals surface area (Å²) >= 11 is 0. The summed E-state index contributed by atoms with van der Waals surface area (Å²) in [5.41, 5.74) is 0.0239. The maximum atomic E-state index is 13.7. The Balaban J connectivity index is 3.26. The Bertz CT molecular complexity index is 538. The van der Waals surface area contributed by atoms with Gasteiger partial charge in [-0.25, -0.2) is 0 Å². The van der Waals surface area contributed by atoms with Crippen LogP contribution in [0.15, 0.2) is 42.2 Å². The molecule has 1 aromatic rings. The van der Waals surface area contributed by atoms with Gasteiger partial charge in [-0.05, 0) is 18.6 Å². The number of aliphatic hydroxyl groups excluding tert-OH is 1. The number of alkyl halides is 7. The fourth-order valence-electron chi connectivity index (χ4n) is 1.62. The van der Waals surface area contributed by atoms with Crippen LogP contribution in [0.1, 0.15) is 18.6 Å². The van der Waals surface area contributed by atoms with Gasteiger partial charge in [-0.2, -0.15) is 30.7 Å². The third kappa shape index (κ3) is 3.95. The standard InChI is InChI=1S/C14H13F7O2/c1-2-23-11(8-10(22)9-6-4-3-5-7-9)12(15,16)13(17,18)14(19,20)21/h3-8,10,22H,2H2,1H3/b11-8-. The summed E-state index contributed by atoms with van der Waals surface area (Å²) in [6, 6.07) is 6.95. The number of halogens is 7. The van der Waals surface area contributed by atoms with E-state index in [4.69, 9.17) is 0 Å². The minimum absolute atomic E-state index is 0.0239. The van der Waals surface area contributed by atoms with Crippen LogP contribution in [-0.4, -0.2) is 29.7 Å². The van der Waals surface area contributed by atoms with Gasteiger partial charge in [-0.15, -0.1) is 0 Å². The molecular formula is C14H13F7O2. The highest BCUT2D eigenvalue weighted by Gasteiger charge is 2.75. The van der Waals surface area contributed by atoms with E-state index in [1.165, 1.54) is 30.3 Å². The van der Waals surface area contributed by atoms with Gasteiger partial charge in [0.25, 0.3) is 0 Å². The molecule has 0 aromatic heterocycles. The van der Waals surface area contributed by atoms with Crippen molar-refractivity contribution in [3.63, 3.8) is 0 Å². The highest BCUT2D eigenvalue weighted by molar-refractivity contribution is 5.24. The zero-order valence-electron chi connectivity index (χ0n) is 11.7. The first-order valence-corrected chi connectivity index (χ1v) is 6.35. The molecule has 0 saturated heterocycles. The first kappa shape index (κ1) is 19.3. The van der Waals surface area contributed by atoms with Gasteiger partial charge in [-0.3, -0.25) is 0 Å². The molecule has 1 rings (SSSR count). The Kier molecular flexibility index (Phi) is 5.68. The molecule has 23 heavy (non-hydrogen) atoms. The van der Waals surface area contributed by atoms with Crippen molar-refractivity contribution >= 4 is 0 Å². The summed E-state index contributed by atoms with van der Waals surface area (Å²) in [6.07, 6.45) is -8.18. The van der Waals surface area contributed by atoms with Crippen LogP contribution in [-0.2, 0) is 4.74 Å². The smallest absolute Gasteiger partial charge is 0.460 e. The van der Waals surface area contributed by atoms with E-state index in [1.54, 1.807) is 0 Å². The predicted octanol–water partition coefficient (Wildman–Crippen LogP) is 4.47. The van der Waals surface area contributed by atoms with Crippen molar-refractivity contribution in [2.45, 2.75) is 31.0 Å². The molecule has 0 spiro atoms. The summed E-state index contributed by atoms with van der Waals surface area (Å²) in [5.74, 6) is -14.0. The molecule has 0 bridgehead atoms. The van der Waals surface area contributed by atoms with Crippen molar-refractivity contribution in [2.24, 2.45) is 0 Å². The average Bonchev–Trinajstić information content (AvgIpc) is 2.46. The third-order valence-electron chi connectivity index (χ3n) is 2.81. The quantitative estimate of drug-likeness (QED) is 0.608. The van der Waals surface area contributed by atoms with Crippen LogP contribution >= 0.6 is 0 Å². The number of benzene rings is 1. The Labute approximate surface area is 127 Å². The molecule has 1 aromatic carbocycles. The molecule has 0 fully saturated rings. The molecule has 0 heterocycles. The molecular weight excluding hydrogens is 333 g/mol. The van der Waals surface area contributed by atoms with E-state index in [2.05, 4.69) is 4.74 Å². The third-order valence-corrected chi connectivity index (χ3v) is 2.81. The van der Waals surface area contributed by atoms with Crippen LogP contribution < -0.4 is 0 Å². The monoisotopic (exact) mass is 346 g/mol. The normalized spacial score (nSPS) is 15.4. The first-order valence-electron chi connectivity index (χ1n) is 6.35. The van der Waals surface area contributed by atoms with E-state index < -0.39 is 36.5 Å². The highest BCUT2D eigenvalue weighted by atomic mass is 19.4. The maximum absolute atomic E-state index is 13.7. The summed E-state index contributed by atoms with van der Waals surface area (Å²) < 4.78 is 94.3. The molecule has 1 atom stereocenters. The molecule has 1 unspecified atom stereocenters. The number of hydrogen-bond donors (Lipinski definition) is 1. The Hall–Kier alpha value is -1.77. The Morgan fingerprint density at radius 1 is 1.09 bits per heavy atom. The lowest BCUT2D eigenvalue weighted by atomic mass is 10.0. The largest absolute Gasteiger partial charge is 0.492 e. The Morgan fingerprint density at radius 3 is 2.04 bits per heavy atom. The van der Waals surface area contributed by atoms with Gasteiger partial charge in [0, 0.05) is 0 Å². The first-order chi connectivity index (χ1) is 10.4. The van der Waals surface area contributed by atoms with Gasteiger partial charge in [0.15, 0.2) is 5.76 Å². The number of aliphatic hydroxyl groups is 1. The van der Waals surface area contributed by atoms with Gasteiger partial charge in [0.2, 0.25) is 0 Å². The van der Waals surface area contributed by atoms with Gasteiger partial charge in [0.05, 0.1) is 6.61 Å². The summed E-state index contributed by atoms with van der Waals surface area (Å²) in [4.78, 5) is 0. The van der Waals surface area contributed by atoms with Gasteiger partial charge in [-0.1, -0.05) is 30.3 Å². The van der Waals surface area contributed by atoms with Crippen LogP contribution in [0.3, 0.4) is 0 Å². The second kappa shape index (κ2) is 6.77. The maximum Gasteiger partial charge on any atom is 0.460 e. The molecule has 0 amide bonds. The van der Waals surface area contributed by atoms with E-state index in [1.807, 2.05) is 0 Å². The van der Waals surface area contributed by atoms with Crippen LogP contribution in [0.5, 0.6) is 0 Å². The van der Waals surface area contributed by atoms with E-state index in [-0.39, 0.29) is 11.6 Å². The van der Waals surface area contributed by atoms with Gasteiger partial charge < -0.3 is 9.84 Å². The lowest BCUT2D eigenvalue weighted by Gasteiger charge is -2.30. The molecule has 0 saturated carbocycles. The summed E-state index contributed by atoms with van der Waals surface area (Å²) in [7, 11) is 0. The van der Waals surface area contributed by atoms with Crippen molar-refractivity contribution in [1.29, 1.82) is 0 Å².